The second kappa shape index (κ2) is 11.3. The van der Waals surface area contributed by atoms with E-state index in [4.69, 9.17) is 4.74 Å². The summed E-state index contributed by atoms with van der Waals surface area (Å²) < 4.78 is 4.85. The van der Waals surface area contributed by atoms with E-state index in [1.807, 2.05) is 32.9 Å². The Bertz CT molecular complexity index is 653. The van der Waals surface area contributed by atoms with Crippen LogP contribution in [-0.2, 0) is 19.1 Å². The number of hydrogen-bond acceptors (Lipinski definition) is 5. The number of hydrogen-bond donors (Lipinski definition) is 3. The summed E-state index contributed by atoms with van der Waals surface area (Å²) in [6.45, 7) is 6.71. The molecule has 1 aromatic carbocycles. The van der Waals surface area contributed by atoms with Gasteiger partial charge in [0.25, 0.3) is 0 Å². The highest BCUT2D eigenvalue weighted by Crippen LogP contribution is 2.21. The van der Waals surface area contributed by atoms with Crippen molar-refractivity contribution < 1.29 is 19.1 Å². The minimum Gasteiger partial charge on any atom is -0.383 e. The first kappa shape index (κ1) is 22.6. The lowest BCUT2D eigenvalue weighted by atomic mass is 10.1. The summed E-state index contributed by atoms with van der Waals surface area (Å²) in [6, 6.07) is 3.99. The topological polar surface area (TPSA) is 99.8 Å². The van der Waals surface area contributed by atoms with E-state index < -0.39 is 0 Å². The normalized spacial score (nSPS) is 10.6. The summed E-state index contributed by atoms with van der Waals surface area (Å²) in [5.74, 6) is -0.807. The molecule has 3 N–H and O–H groups in total. The number of carbonyl (C=O) groups excluding carboxylic acids is 3. The maximum absolute atomic E-state index is 12.1. The highest BCUT2D eigenvalue weighted by Gasteiger charge is 2.13. The Balaban J connectivity index is 2.37. The van der Waals surface area contributed by atoms with Crippen LogP contribution in [0.1, 0.15) is 16.7 Å². The smallest absolute Gasteiger partial charge is 0.243 e. The third kappa shape index (κ3) is 8.65. The maximum Gasteiger partial charge on any atom is 0.243 e. The van der Waals surface area contributed by atoms with Gasteiger partial charge in [0.1, 0.15) is 0 Å². The van der Waals surface area contributed by atoms with Crippen molar-refractivity contribution >= 4 is 23.4 Å². The Morgan fingerprint density at radius 2 is 1.52 bits per heavy atom. The average Bonchev–Trinajstić information content (AvgIpc) is 2.56. The van der Waals surface area contributed by atoms with Crippen LogP contribution in [0, 0.1) is 20.8 Å². The van der Waals surface area contributed by atoms with Crippen molar-refractivity contribution in [2.75, 3.05) is 52.3 Å². The summed E-state index contributed by atoms with van der Waals surface area (Å²) in [7, 11) is 3.22. The first-order chi connectivity index (χ1) is 12.7. The number of likely N-dealkylation sites (N-methyl/N-ethyl adjacent to an activating group) is 1. The molecule has 0 spiro atoms. The number of amides is 3. The van der Waals surface area contributed by atoms with E-state index >= 15 is 0 Å². The second-order valence-electron chi connectivity index (χ2n) is 6.61. The fourth-order valence-corrected chi connectivity index (χ4v) is 2.69. The molecule has 0 radical (unpaired) electrons. The van der Waals surface area contributed by atoms with Gasteiger partial charge in [0.2, 0.25) is 17.7 Å². The zero-order valence-corrected chi connectivity index (χ0v) is 16.8. The van der Waals surface area contributed by atoms with Crippen LogP contribution in [0.25, 0.3) is 0 Å². The predicted molar refractivity (Wildman–Crippen MR) is 105 cm³/mol. The van der Waals surface area contributed by atoms with Gasteiger partial charge in [-0.15, -0.1) is 0 Å². The van der Waals surface area contributed by atoms with Gasteiger partial charge in [0.15, 0.2) is 0 Å². The van der Waals surface area contributed by atoms with E-state index in [0.717, 1.165) is 22.4 Å². The van der Waals surface area contributed by atoms with E-state index in [1.165, 1.54) is 0 Å². The van der Waals surface area contributed by atoms with Gasteiger partial charge in [-0.25, -0.2) is 0 Å². The zero-order valence-electron chi connectivity index (χ0n) is 16.8. The number of ether oxygens (including phenoxy) is 1. The van der Waals surface area contributed by atoms with Crippen molar-refractivity contribution in [3.63, 3.8) is 0 Å². The van der Waals surface area contributed by atoms with Gasteiger partial charge < -0.3 is 20.7 Å². The van der Waals surface area contributed by atoms with Crippen molar-refractivity contribution in [3.8, 4) is 0 Å². The Labute approximate surface area is 160 Å². The number of carbonyl (C=O) groups is 3. The third-order valence-electron chi connectivity index (χ3n) is 3.84. The molecule has 0 fully saturated rings. The van der Waals surface area contributed by atoms with E-state index in [9.17, 15) is 14.4 Å². The molecule has 0 saturated carbocycles. The first-order valence-electron chi connectivity index (χ1n) is 8.81. The monoisotopic (exact) mass is 378 g/mol. The largest absolute Gasteiger partial charge is 0.383 e. The summed E-state index contributed by atoms with van der Waals surface area (Å²) >= 11 is 0. The minimum absolute atomic E-state index is 0.0214. The lowest BCUT2D eigenvalue weighted by molar-refractivity contribution is -0.126. The average molecular weight is 378 g/mol. The summed E-state index contributed by atoms with van der Waals surface area (Å²) in [5, 5.41) is 8.08. The number of aryl methyl sites for hydroxylation is 3. The number of benzene rings is 1. The molecule has 1 rings (SSSR count). The Morgan fingerprint density at radius 3 is 2.07 bits per heavy atom. The van der Waals surface area contributed by atoms with Crippen LogP contribution in [0.4, 0.5) is 5.69 Å². The van der Waals surface area contributed by atoms with Crippen LogP contribution in [0.15, 0.2) is 12.1 Å². The van der Waals surface area contributed by atoms with Crippen molar-refractivity contribution in [3.05, 3.63) is 28.8 Å². The van der Waals surface area contributed by atoms with Crippen LogP contribution >= 0.6 is 0 Å². The van der Waals surface area contributed by atoms with Crippen LogP contribution in [0.5, 0.6) is 0 Å². The molecule has 0 atom stereocenters. The molecule has 0 aliphatic carbocycles. The molecule has 0 aliphatic heterocycles. The van der Waals surface area contributed by atoms with E-state index in [0.29, 0.717) is 13.2 Å². The standard InChI is InChI=1S/C19H30N4O4/c1-13-8-14(2)19(15(3)9-13)22-16(24)10-21-18(26)12-23(4)11-17(25)20-6-7-27-5/h8-9H,6-7,10-12H2,1-5H3,(H,20,25)(H,21,26)(H,22,24). The number of methoxy groups -OCH3 is 1. The molecule has 0 aliphatic rings. The number of nitrogens with zero attached hydrogens (tertiary/aromatic N) is 1. The summed E-state index contributed by atoms with van der Waals surface area (Å²) in [6.07, 6.45) is 0. The fraction of sp³-hybridized carbons (Fsp3) is 0.526. The molecule has 0 aromatic heterocycles. The van der Waals surface area contributed by atoms with E-state index in [2.05, 4.69) is 16.0 Å². The van der Waals surface area contributed by atoms with Crippen LogP contribution in [-0.4, -0.2) is 69.6 Å². The van der Waals surface area contributed by atoms with Crippen LogP contribution in [0.2, 0.25) is 0 Å². The molecule has 150 valence electrons. The summed E-state index contributed by atoms with van der Waals surface area (Å²) in [4.78, 5) is 37.3. The maximum atomic E-state index is 12.1. The Kier molecular flexibility index (Phi) is 9.46. The molecular weight excluding hydrogens is 348 g/mol. The molecule has 0 heterocycles. The molecule has 8 heteroatoms. The van der Waals surface area contributed by atoms with Gasteiger partial charge in [0, 0.05) is 19.3 Å². The van der Waals surface area contributed by atoms with Crippen LogP contribution in [0.3, 0.4) is 0 Å². The highest BCUT2D eigenvalue weighted by molar-refractivity contribution is 5.96. The lowest BCUT2D eigenvalue weighted by Crippen LogP contribution is -2.43. The highest BCUT2D eigenvalue weighted by atomic mass is 16.5. The number of rotatable bonds is 10. The predicted octanol–water partition coefficient (Wildman–Crippen LogP) is 0.361. The van der Waals surface area contributed by atoms with Crippen molar-refractivity contribution in [2.24, 2.45) is 0 Å². The van der Waals surface area contributed by atoms with Crippen molar-refractivity contribution in [1.82, 2.24) is 15.5 Å². The minimum atomic E-state index is -0.324. The molecule has 0 bridgehead atoms. The van der Waals surface area contributed by atoms with Crippen molar-refractivity contribution in [1.29, 1.82) is 0 Å². The van der Waals surface area contributed by atoms with Gasteiger partial charge in [0.05, 0.1) is 26.2 Å². The van der Waals surface area contributed by atoms with Gasteiger partial charge in [-0.3, -0.25) is 19.3 Å². The molecule has 3 amide bonds. The van der Waals surface area contributed by atoms with Crippen LogP contribution < -0.4 is 16.0 Å². The molecule has 1 aromatic rings. The second-order valence-corrected chi connectivity index (χ2v) is 6.61. The van der Waals surface area contributed by atoms with E-state index in [1.54, 1.807) is 19.1 Å². The molecule has 0 unspecified atom stereocenters. The fourth-order valence-electron chi connectivity index (χ4n) is 2.69. The Hall–Kier alpha value is -2.45. The molecule has 8 nitrogen and oxygen atoms in total. The quantitative estimate of drug-likeness (QED) is 0.511. The third-order valence-corrected chi connectivity index (χ3v) is 3.84. The number of nitrogens with one attached hydrogen (secondary N) is 3. The number of anilines is 1. The first-order valence-corrected chi connectivity index (χ1v) is 8.81. The SMILES string of the molecule is COCCNC(=O)CN(C)CC(=O)NCC(=O)Nc1c(C)cc(C)cc1C. The molecular formula is C19H30N4O4. The van der Waals surface area contributed by atoms with Gasteiger partial charge in [-0.05, 0) is 38.9 Å². The Morgan fingerprint density at radius 1 is 0.963 bits per heavy atom. The van der Waals surface area contributed by atoms with Gasteiger partial charge >= 0.3 is 0 Å². The van der Waals surface area contributed by atoms with Gasteiger partial charge in [-0.2, -0.15) is 0 Å². The van der Waals surface area contributed by atoms with Crippen molar-refractivity contribution in [2.45, 2.75) is 20.8 Å². The summed E-state index contributed by atoms with van der Waals surface area (Å²) in [5.41, 5.74) is 3.85. The van der Waals surface area contributed by atoms with Gasteiger partial charge in [-0.1, -0.05) is 17.7 Å². The van der Waals surface area contributed by atoms with E-state index in [-0.39, 0.29) is 37.4 Å². The molecule has 0 saturated heterocycles. The zero-order chi connectivity index (χ0) is 20.4. The lowest BCUT2D eigenvalue weighted by Gasteiger charge is -2.16. The molecule has 27 heavy (non-hydrogen) atoms.